The highest BCUT2D eigenvalue weighted by molar-refractivity contribution is 8.01. The van der Waals surface area contributed by atoms with Gasteiger partial charge in [-0.1, -0.05) is 18.7 Å². The van der Waals surface area contributed by atoms with Gasteiger partial charge in [-0.15, -0.1) is 28.2 Å². The first kappa shape index (κ1) is 30.9. The molecule has 2 aromatic heterocycles. The number of ether oxygens (including phenoxy) is 1. The Bertz CT molecular complexity index is 1490. The molecule has 4 heterocycles. The summed E-state index contributed by atoms with van der Waals surface area (Å²) in [6, 6.07) is -1.15. The molecule has 17 nitrogen and oxygen atoms in total. The van der Waals surface area contributed by atoms with Crippen molar-refractivity contribution >= 4 is 75.6 Å². The molecule has 4 rings (SSSR count). The van der Waals surface area contributed by atoms with E-state index < -0.39 is 59.2 Å². The van der Waals surface area contributed by atoms with Crippen LogP contribution in [0.3, 0.4) is 0 Å². The first-order valence-corrected chi connectivity index (χ1v) is 15.0. The lowest BCUT2D eigenvalue weighted by atomic mass is 10.0. The first-order valence-electron chi connectivity index (χ1n) is 12.1. The van der Waals surface area contributed by atoms with E-state index in [4.69, 9.17) is 9.84 Å². The van der Waals surface area contributed by atoms with Gasteiger partial charge in [-0.3, -0.25) is 29.4 Å². The molecular formula is C22H24N8O9S3. The van der Waals surface area contributed by atoms with Crippen LogP contribution in [0.4, 0.5) is 9.93 Å². The summed E-state index contributed by atoms with van der Waals surface area (Å²) >= 11 is 3.11. The van der Waals surface area contributed by atoms with E-state index in [0.717, 1.165) is 32.7 Å². The van der Waals surface area contributed by atoms with Gasteiger partial charge in [-0.05, 0) is 36.3 Å². The number of nitrogens with one attached hydrogen (secondary N) is 2. The number of hydrogen-bond acceptors (Lipinski definition) is 14. The lowest BCUT2D eigenvalue weighted by molar-refractivity contribution is -0.150. The topological polar surface area (TPSA) is 236 Å². The number of carboxylic acids is 2. The highest BCUT2D eigenvalue weighted by Crippen LogP contribution is 2.41. The van der Waals surface area contributed by atoms with Gasteiger partial charge in [0.25, 0.3) is 17.6 Å². The van der Waals surface area contributed by atoms with Crippen LogP contribution >= 0.6 is 34.9 Å². The maximum absolute atomic E-state index is 12.9. The van der Waals surface area contributed by atoms with Crippen molar-refractivity contribution in [2.75, 3.05) is 16.8 Å². The normalized spacial score (nSPS) is 18.2. The van der Waals surface area contributed by atoms with Gasteiger partial charge in [0.05, 0.1) is 0 Å². The molecule has 0 spiro atoms. The van der Waals surface area contributed by atoms with Gasteiger partial charge in [0.1, 0.15) is 35.0 Å². The number of β-lactam (4-membered cyclic amide) rings is 1. The monoisotopic (exact) mass is 640 g/mol. The molecule has 20 heteroatoms. The van der Waals surface area contributed by atoms with E-state index >= 15 is 0 Å². The number of fused-ring (bicyclic) bond motifs is 1. The highest BCUT2D eigenvalue weighted by atomic mass is 32.2. The zero-order chi connectivity index (χ0) is 30.8. The van der Waals surface area contributed by atoms with Crippen LogP contribution in [0, 0.1) is 0 Å². The number of hydrogen-bond donors (Lipinski definition) is 4. The van der Waals surface area contributed by atoms with Gasteiger partial charge in [0.2, 0.25) is 5.16 Å². The summed E-state index contributed by atoms with van der Waals surface area (Å²) in [5.41, 5.74) is -0.858. The van der Waals surface area contributed by atoms with Gasteiger partial charge >= 0.3 is 18.0 Å². The lowest BCUT2D eigenvalue weighted by Gasteiger charge is -2.49. The summed E-state index contributed by atoms with van der Waals surface area (Å²) in [5, 5.41) is 35.0. The third-order valence-electron chi connectivity index (χ3n) is 6.07. The van der Waals surface area contributed by atoms with Crippen molar-refractivity contribution in [3.63, 3.8) is 0 Å². The Labute approximate surface area is 249 Å². The minimum Gasteiger partial charge on any atom is -0.480 e. The fourth-order valence-corrected chi connectivity index (χ4v) is 6.71. The van der Waals surface area contributed by atoms with Crippen molar-refractivity contribution in [2.45, 2.75) is 55.9 Å². The summed E-state index contributed by atoms with van der Waals surface area (Å²) in [6.45, 7) is 4.82. The quantitative estimate of drug-likeness (QED) is 0.108. The average Bonchev–Trinajstić information content (AvgIpc) is 3.57. The van der Waals surface area contributed by atoms with Crippen LogP contribution in [0.1, 0.15) is 37.7 Å². The number of anilines is 1. The Morgan fingerprint density at radius 2 is 1.98 bits per heavy atom. The predicted octanol–water partition coefficient (Wildman–Crippen LogP) is 0.665. The van der Waals surface area contributed by atoms with Crippen molar-refractivity contribution < 1.29 is 43.7 Å². The molecule has 1 fully saturated rings. The average molecular weight is 641 g/mol. The molecule has 1 saturated heterocycles. The van der Waals surface area contributed by atoms with Crippen molar-refractivity contribution in [3.8, 4) is 0 Å². The van der Waals surface area contributed by atoms with Crippen LogP contribution in [-0.2, 0) is 30.5 Å². The summed E-state index contributed by atoms with van der Waals surface area (Å²) in [4.78, 5) is 78.4. The van der Waals surface area contributed by atoms with Gasteiger partial charge in [0.15, 0.2) is 5.13 Å². The minimum atomic E-state index is -1.36. The van der Waals surface area contributed by atoms with Crippen molar-refractivity contribution in [1.82, 2.24) is 35.4 Å². The number of carbonyl (C=O) groups is 6. The van der Waals surface area contributed by atoms with Crippen LogP contribution < -0.4 is 10.6 Å². The second-order valence-corrected chi connectivity index (χ2v) is 12.3. The molecule has 2 atom stereocenters. The Morgan fingerprint density at radius 3 is 2.64 bits per heavy atom. The number of thiazole rings is 1. The largest absolute Gasteiger partial charge is 0.480 e. The Morgan fingerprint density at radius 1 is 1.24 bits per heavy atom. The number of aliphatic carboxylic acids is 2. The van der Waals surface area contributed by atoms with Gasteiger partial charge in [-0.2, -0.15) is 0 Å². The molecule has 2 aromatic rings. The zero-order valence-corrected chi connectivity index (χ0v) is 24.7. The second-order valence-electron chi connectivity index (χ2n) is 9.41. The molecule has 0 aliphatic carbocycles. The van der Waals surface area contributed by atoms with Gasteiger partial charge in [0, 0.05) is 16.9 Å². The van der Waals surface area contributed by atoms with E-state index in [1.807, 2.05) is 6.92 Å². The van der Waals surface area contributed by atoms with Gasteiger partial charge in [-0.25, -0.2) is 19.3 Å². The lowest BCUT2D eigenvalue weighted by Crippen LogP contribution is -2.71. The van der Waals surface area contributed by atoms with Crippen LogP contribution in [0.5, 0.6) is 0 Å². The molecule has 2 aliphatic heterocycles. The van der Waals surface area contributed by atoms with Crippen molar-refractivity contribution in [2.24, 2.45) is 0 Å². The molecule has 0 radical (unpaired) electrons. The molecule has 4 N–H and O–H groups in total. The van der Waals surface area contributed by atoms with E-state index in [-0.39, 0.29) is 33.2 Å². The molecule has 0 aromatic carbocycles. The number of aromatic nitrogens is 5. The Kier molecular flexibility index (Phi) is 9.16. The molecule has 0 bridgehead atoms. The number of tetrazole rings is 1. The number of nitrogens with zero attached hydrogens (tertiary/aromatic N) is 6. The first-order chi connectivity index (χ1) is 19.8. The number of rotatable bonds is 12. The number of carbonyl (C=O) groups excluding carboxylic acids is 4. The van der Waals surface area contributed by atoms with E-state index in [1.165, 1.54) is 17.1 Å². The molecule has 3 amide bonds. The molecular weight excluding hydrogens is 616 g/mol. The number of amides is 3. The van der Waals surface area contributed by atoms with Gasteiger partial charge < -0.3 is 20.3 Å². The van der Waals surface area contributed by atoms with Crippen molar-refractivity contribution in [3.05, 3.63) is 22.3 Å². The van der Waals surface area contributed by atoms with E-state index in [0.29, 0.717) is 12.0 Å². The predicted molar refractivity (Wildman–Crippen MR) is 147 cm³/mol. The second kappa shape index (κ2) is 12.4. The standard InChI is InChI=1S/C22H24N8O9S3/c1-4-22(2,3)39-21(38)25-19-23-10(8-41-19)14(33)15(34)24-12-16(35)30-13(18(36)37)9(6-40-17(12)30)7-42-20-26-27-28-29(20)5-11(31)32/h8,12,17H,4-7H2,1-3H3,(H,24,34)(H,31,32)(H,36,37)(H,23,25,38)/t12?,17-/m0/s1. The Hall–Kier alpha value is -4.04. The number of thioether (sulfide) groups is 2. The zero-order valence-electron chi connectivity index (χ0n) is 22.2. The fraction of sp³-hybridized carbons (Fsp3) is 0.455. The molecule has 42 heavy (non-hydrogen) atoms. The van der Waals surface area contributed by atoms with E-state index in [1.54, 1.807) is 13.8 Å². The van der Waals surface area contributed by atoms with Crippen molar-refractivity contribution in [1.29, 1.82) is 0 Å². The fourth-order valence-electron chi connectivity index (χ4n) is 3.67. The smallest absolute Gasteiger partial charge is 0.413 e. The maximum Gasteiger partial charge on any atom is 0.413 e. The van der Waals surface area contributed by atoms with Crippen LogP contribution in [0.2, 0.25) is 0 Å². The molecule has 2 aliphatic rings. The van der Waals surface area contributed by atoms with Crippen LogP contribution in [-0.4, -0.2) is 104 Å². The summed E-state index contributed by atoms with van der Waals surface area (Å²) < 4.78 is 6.31. The number of carboxylic acid groups (broad SMARTS) is 2. The summed E-state index contributed by atoms with van der Waals surface area (Å²) in [5.74, 6) is -5.16. The van der Waals surface area contributed by atoms with Crippen LogP contribution in [0.15, 0.2) is 21.8 Å². The SMILES string of the molecule is CCC(C)(C)OC(=O)Nc1nc(C(=O)C(=O)NC2C(=O)N3C(C(=O)O)=C(CSc4nnnn4CC(=O)O)CS[C@@H]23)cs1. The maximum atomic E-state index is 12.9. The third kappa shape index (κ3) is 6.71. The van der Waals surface area contributed by atoms with Crippen LogP contribution in [0.25, 0.3) is 0 Å². The molecule has 224 valence electrons. The number of Topliss-reactive ketones (excluding diaryl/α,β-unsaturated/α-hetero) is 1. The minimum absolute atomic E-state index is 0.0374. The third-order valence-corrected chi connectivity index (χ3v) is 9.21. The highest BCUT2D eigenvalue weighted by Gasteiger charge is 2.54. The summed E-state index contributed by atoms with van der Waals surface area (Å²) in [7, 11) is 0. The summed E-state index contributed by atoms with van der Waals surface area (Å²) in [6.07, 6.45) is -0.202. The number of ketones is 1. The van der Waals surface area contributed by atoms with E-state index in [2.05, 4.69) is 31.1 Å². The molecule has 1 unspecified atom stereocenters. The molecule has 0 saturated carbocycles. The Balaban J connectivity index is 1.38. The van der Waals surface area contributed by atoms with E-state index in [9.17, 15) is 33.9 Å².